The van der Waals surface area contributed by atoms with Crippen molar-refractivity contribution >= 4 is 34.2 Å². The number of nitrogens with zero attached hydrogens (tertiary/aromatic N) is 3. The first-order valence-electron chi connectivity index (χ1n) is 11.4. The minimum absolute atomic E-state index is 0.0420. The van der Waals surface area contributed by atoms with E-state index in [4.69, 9.17) is 16.0 Å². The number of anilines is 1. The summed E-state index contributed by atoms with van der Waals surface area (Å²) in [6.45, 7) is 6.10. The van der Waals surface area contributed by atoms with Crippen molar-refractivity contribution in [3.8, 4) is 0 Å². The molecule has 0 radical (unpaired) electrons. The first-order valence-corrected chi connectivity index (χ1v) is 11.8. The predicted octanol–water partition coefficient (Wildman–Crippen LogP) is 4.11. The maximum atomic E-state index is 14.1. The van der Waals surface area contributed by atoms with Gasteiger partial charge in [0.15, 0.2) is 0 Å². The van der Waals surface area contributed by atoms with E-state index in [1.807, 2.05) is 13.8 Å². The number of benzene rings is 1. The third-order valence-electron chi connectivity index (χ3n) is 6.90. The van der Waals surface area contributed by atoms with Gasteiger partial charge in [-0.25, -0.2) is 14.2 Å². The number of oxazole rings is 1. The van der Waals surface area contributed by atoms with Gasteiger partial charge in [0.25, 0.3) is 0 Å². The van der Waals surface area contributed by atoms with Gasteiger partial charge in [0.1, 0.15) is 18.0 Å². The van der Waals surface area contributed by atoms with Crippen LogP contribution in [0.2, 0.25) is 5.02 Å². The molecule has 3 heterocycles. The molecule has 180 valence electrons. The molecule has 2 aliphatic rings. The van der Waals surface area contributed by atoms with Crippen molar-refractivity contribution in [2.24, 2.45) is 5.92 Å². The first-order chi connectivity index (χ1) is 16.3. The first kappa shape index (κ1) is 22.9. The normalized spacial score (nSPS) is 22.9. The standard InChI is InChI=1S/C24H26ClFN4O4/c1-3-27-19(23-28-5-7-34-23)13-4-6-29(10-13)21-12(2)20-14(8-16(21)25)22(31)15(24(32)33)11-30(20)18-9-17(18)26/h5,7-8,11,13,17-19,27H,3-4,6,9-10H2,1-2H3,(H,32,33). The Kier molecular flexibility index (Phi) is 5.85. The molecular formula is C24H26ClFN4O4. The molecule has 1 aliphatic heterocycles. The Morgan fingerprint density at radius 1 is 1.47 bits per heavy atom. The highest BCUT2D eigenvalue weighted by molar-refractivity contribution is 6.34. The van der Waals surface area contributed by atoms with E-state index in [2.05, 4.69) is 15.2 Å². The zero-order valence-corrected chi connectivity index (χ0v) is 19.7. The number of aromatic carboxylic acids is 1. The molecule has 0 spiro atoms. The molecule has 10 heteroatoms. The largest absolute Gasteiger partial charge is 0.477 e. The second-order valence-electron chi connectivity index (χ2n) is 9.03. The van der Waals surface area contributed by atoms with Crippen LogP contribution in [0.1, 0.15) is 53.7 Å². The molecule has 1 saturated carbocycles. The summed E-state index contributed by atoms with van der Waals surface area (Å²) < 4.78 is 21.3. The fourth-order valence-electron chi connectivity index (χ4n) is 5.24. The average molecular weight is 489 g/mol. The number of carbonyl (C=O) groups is 1. The number of pyridine rings is 1. The number of fused-ring (bicyclic) bond motifs is 1. The summed E-state index contributed by atoms with van der Waals surface area (Å²) in [6, 6.07) is 1.01. The number of nitrogens with one attached hydrogen (secondary N) is 1. The van der Waals surface area contributed by atoms with Crippen LogP contribution in [0.4, 0.5) is 10.1 Å². The molecule has 2 aromatic heterocycles. The zero-order valence-electron chi connectivity index (χ0n) is 18.9. The molecule has 1 aromatic carbocycles. The Morgan fingerprint density at radius 3 is 2.85 bits per heavy atom. The van der Waals surface area contributed by atoms with Crippen molar-refractivity contribution in [2.45, 2.75) is 44.9 Å². The summed E-state index contributed by atoms with van der Waals surface area (Å²) in [6.07, 6.45) is 4.59. The minimum atomic E-state index is -1.34. The van der Waals surface area contributed by atoms with E-state index in [-0.39, 0.29) is 22.9 Å². The van der Waals surface area contributed by atoms with Crippen molar-refractivity contribution in [3.05, 3.63) is 57.0 Å². The van der Waals surface area contributed by atoms with Gasteiger partial charge in [-0.1, -0.05) is 18.5 Å². The van der Waals surface area contributed by atoms with Gasteiger partial charge in [-0.15, -0.1) is 0 Å². The summed E-state index contributed by atoms with van der Waals surface area (Å²) >= 11 is 6.70. The van der Waals surface area contributed by atoms with Crippen LogP contribution in [0, 0.1) is 12.8 Å². The quantitative estimate of drug-likeness (QED) is 0.516. The zero-order chi connectivity index (χ0) is 24.1. The fraction of sp³-hybridized carbons (Fsp3) is 0.458. The van der Waals surface area contributed by atoms with E-state index < -0.39 is 23.6 Å². The molecule has 2 N–H and O–H groups in total. The highest BCUT2D eigenvalue weighted by Gasteiger charge is 2.41. The predicted molar refractivity (Wildman–Crippen MR) is 127 cm³/mol. The van der Waals surface area contributed by atoms with Gasteiger partial charge in [-0.2, -0.15) is 0 Å². The van der Waals surface area contributed by atoms with Gasteiger partial charge in [-0.3, -0.25) is 4.79 Å². The van der Waals surface area contributed by atoms with Crippen LogP contribution in [-0.4, -0.2) is 46.4 Å². The lowest BCUT2D eigenvalue weighted by Gasteiger charge is -2.26. The summed E-state index contributed by atoms with van der Waals surface area (Å²) in [5.41, 5.74) is 1.08. The van der Waals surface area contributed by atoms with Crippen molar-refractivity contribution in [3.63, 3.8) is 0 Å². The maximum Gasteiger partial charge on any atom is 0.341 e. The maximum absolute atomic E-state index is 14.1. The number of alkyl halides is 1. The summed E-state index contributed by atoms with van der Waals surface area (Å²) in [4.78, 5) is 31.1. The number of carboxylic acid groups (broad SMARTS) is 1. The van der Waals surface area contributed by atoms with Gasteiger partial charge in [-0.05, 0) is 31.5 Å². The van der Waals surface area contributed by atoms with Crippen molar-refractivity contribution in [1.29, 1.82) is 0 Å². The second kappa shape index (κ2) is 8.70. The smallest absolute Gasteiger partial charge is 0.341 e. The Hall–Kier alpha value is -2.91. The fourth-order valence-corrected chi connectivity index (χ4v) is 5.61. The van der Waals surface area contributed by atoms with Crippen molar-refractivity contribution < 1.29 is 18.7 Å². The Bertz CT molecular complexity index is 1310. The second-order valence-corrected chi connectivity index (χ2v) is 9.44. The van der Waals surface area contributed by atoms with Crippen LogP contribution < -0.4 is 15.6 Å². The monoisotopic (exact) mass is 488 g/mol. The molecule has 5 rings (SSSR count). The molecular weight excluding hydrogens is 463 g/mol. The van der Waals surface area contributed by atoms with Crippen LogP contribution in [0.15, 0.2) is 33.9 Å². The molecule has 2 fully saturated rings. The molecule has 0 bridgehead atoms. The molecule has 1 saturated heterocycles. The van der Waals surface area contributed by atoms with Crippen LogP contribution in [-0.2, 0) is 0 Å². The Morgan fingerprint density at radius 2 is 2.24 bits per heavy atom. The van der Waals surface area contributed by atoms with Crippen LogP contribution in [0.5, 0.6) is 0 Å². The van der Waals surface area contributed by atoms with Gasteiger partial charge < -0.3 is 24.3 Å². The third-order valence-corrected chi connectivity index (χ3v) is 7.19. The molecule has 0 amide bonds. The van der Waals surface area contributed by atoms with Crippen molar-refractivity contribution in [2.75, 3.05) is 24.5 Å². The molecule has 34 heavy (non-hydrogen) atoms. The van der Waals surface area contributed by atoms with Crippen LogP contribution in [0.3, 0.4) is 0 Å². The number of aryl methyl sites for hydroxylation is 1. The summed E-state index contributed by atoms with van der Waals surface area (Å²) in [5, 5.41) is 13.6. The summed E-state index contributed by atoms with van der Waals surface area (Å²) in [5.74, 6) is -0.467. The van der Waals surface area contributed by atoms with E-state index in [0.717, 1.165) is 30.8 Å². The topological polar surface area (TPSA) is 101 Å². The van der Waals surface area contributed by atoms with E-state index >= 15 is 0 Å². The van der Waals surface area contributed by atoms with Crippen molar-refractivity contribution in [1.82, 2.24) is 14.9 Å². The SMILES string of the molecule is CCNC(c1ncco1)C1CCN(c2c(Cl)cc3c(=O)c(C(=O)O)cn(C4CC4F)c3c2C)C1. The molecule has 4 atom stereocenters. The number of halogens is 2. The molecule has 1 aliphatic carbocycles. The lowest BCUT2D eigenvalue weighted by Crippen LogP contribution is -2.31. The number of carboxylic acids is 1. The number of aromatic nitrogens is 2. The number of hydrogen-bond donors (Lipinski definition) is 2. The summed E-state index contributed by atoms with van der Waals surface area (Å²) in [7, 11) is 0. The number of rotatable bonds is 7. The number of hydrogen-bond acceptors (Lipinski definition) is 6. The van der Waals surface area contributed by atoms with Gasteiger partial charge in [0, 0.05) is 37.0 Å². The van der Waals surface area contributed by atoms with E-state index in [0.29, 0.717) is 29.4 Å². The third kappa shape index (κ3) is 3.76. The molecule has 3 aromatic rings. The van der Waals surface area contributed by atoms with E-state index in [1.54, 1.807) is 17.0 Å². The lowest BCUT2D eigenvalue weighted by molar-refractivity contribution is 0.0694. The molecule has 8 nitrogen and oxygen atoms in total. The van der Waals surface area contributed by atoms with Gasteiger partial charge in [0.05, 0.1) is 34.5 Å². The van der Waals surface area contributed by atoms with Crippen LogP contribution in [0.25, 0.3) is 10.9 Å². The van der Waals surface area contributed by atoms with Gasteiger partial charge in [0.2, 0.25) is 11.3 Å². The molecule has 4 unspecified atom stereocenters. The highest BCUT2D eigenvalue weighted by Crippen LogP contribution is 2.44. The average Bonchev–Trinajstić information content (AvgIpc) is 3.19. The van der Waals surface area contributed by atoms with E-state index in [9.17, 15) is 19.1 Å². The van der Waals surface area contributed by atoms with Gasteiger partial charge >= 0.3 is 5.97 Å². The highest BCUT2D eigenvalue weighted by atomic mass is 35.5. The Labute approximate surface area is 200 Å². The Balaban J connectivity index is 1.58. The minimum Gasteiger partial charge on any atom is -0.477 e. The van der Waals surface area contributed by atoms with E-state index in [1.165, 1.54) is 12.3 Å². The lowest BCUT2D eigenvalue weighted by atomic mass is 9.98. The van der Waals surface area contributed by atoms with Crippen LogP contribution >= 0.6 is 11.6 Å².